The quantitative estimate of drug-likeness (QED) is 0.834. The molecule has 0 aromatic heterocycles. The van der Waals surface area contributed by atoms with Gasteiger partial charge in [0.25, 0.3) is 0 Å². The zero-order valence-corrected chi connectivity index (χ0v) is 12.3. The zero-order chi connectivity index (χ0) is 13.7. The van der Waals surface area contributed by atoms with Crippen molar-refractivity contribution in [2.75, 3.05) is 6.61 Å². The summed E-state index contributed by atoms with van der Waals surface area (Å²) in [5.41, 5.74) is 1.29. The molecule has 1 rings (SSSR count). The Kier molecular flexibility index (Phi) is 5.83. The molecule has 102 valence electrons. The van der Waals surface area contributed by atoms with Gasteiger partial charge in [-0.25, -0.2) is 0 Å². The van der Waals surface area contributed by atoms with Gasteiger partial charge in [-0.05, 0) is 39.2 Å². The third kappa shape index (κ3) is 3.56. The summed E-state index contributed by atoms with van der Waals surface area (Å²) in [5.74, 6) is 0.234. The molecule has 0 aliphatic heterocycles. The lowest BCUT2D eigenvalue weighted by atomic mass is 9.91. The summed E-state index contributed by atoms with van der Waals surface area (Å²) in [4.78, 5) is 2.48. The van der Waals surface area contributed by atoms with Crippen molar-refractivity contribution in [1.82, 2.24) is 4.90 Å². The molecular formula is C16H27NO. The second-order valence-electron chi connectivity index (χ2n) is 5.65. The molecule has 1 N–H and O–H groups in total. The van der Waals surface area contributed by atoms with E-state index in [-0.39, 0.29) is 18.6 Å². The van der Waals surface area contributed by atoms with Crippen LogP contribution in [0.25, 0.3) is 0 Å². The molecule has 1 aromatic carbocycles. The van der Waals surface area contributed by atoms with E-state index in [1.165, 1.54) is 5.56 Å². The molecule has 2 atom stereocenters. The summed E-state index contributed by atoms with van der Waals surface area (Å²) >= 11 is 0. The van der Waals surface area contributed by atoms with Crippen LogP contribution in [0.3, 0.4) is 0 Å². The number of rotatable bonds is 6. The van der Waals surface area contributed by atoms with E-state index in [1.54, 1.807) is 0 Å². The Balaban J connectivity index is 3.12. The second-order valence-corrected chi connectivity index (χ2v) is 5.65. The highest BCUT2D eigenvalue weighted by molar-refractivity contribution is 5.20. The van der Waals surface area contributed by atoms with Gasteiger partial charge in [-0.1, -0.05) is 37.3 Å². The molecule has 0 bridgehead atoms. The molecule has 0 spiro atoms. The molecule has 0 unspecified atom stereocenters. The standard InChI is InChI=1S/C16H27NO/c1-12(2)17(13(3)4)16(14(5)11-18)15-9-7-6-8-10-15/h6-10,12-14,16,18H,11H2,1-5H3/t14-,16+/m0/s1. The van der Waals surface area contributed by atoms with E-state index in [4.69, 9.17) is 0 Å². The van der Waals surface area contributed by atoms with E-state index < -0.39 is 0 Å². The normalized spacial score (nSPS) is 15.4. The van der Waals surface area contributed by atoms with E-state index in [9.17, 15) is 5.11 Å². The third-order valence-corrected chi connectivity index (χ3v) is 3.48. The number of benzene rings is 1. The fourth-order valence-corrected chi connectivity index (χ4v) is 2.78. The molecule has 0 saturated carbocycles. The highest BCUT2D eigenvalue weighted by atomic mass is 16.3. The first kappa shape index (κ1) is 15.2. The van der Waals surface area contributed by atoms with Gasteiger partial charge in [0.05, 0.1) is 0 Å². The number of hydrogen-bond donors (Lipinski definition) is 1. The van der Waals surface area contributed by atoms with Gasteiger partial charge >= 0.3 is 0 Å². The van der Waals surface area contributed by atoms with E-state index in [0.717, 1.165) is 0 Å². The third-order valence-electron chi connectivity index (χ3n) is 3.48. The smallest absolute Gasteiger partial charge is 0.0474 e. The lowest BCUT2D eigenvalue weighted by Gasteiger charge is -2.41. The van der Waals surface area contributed by atoms with E-state index in [1.807, 2.05) is 6.07 Å². The Morgan fingerprint density at radius 1 is 0.944 bits per heavy atom. The van der Waals surface area contributed by atoms with Crippen LogP contribution in [0.1, 0.15) is 46.2 Å². The number of hydrogen-bond acceptors (Lipinski definition) is 2. The molecule has 2 heteroatoms. The van der Waals surface area contributed by atoms with Gasteiger partial charge in [-0.2, -0.15) is 0 Å². The van der Waals surface area contributed by atoms with Gasteiger partial charge in [0.2, 0.25) is 0 Å². The van der Waals surface area contributed by atoms with Crippen LogP contribution in [0.15, 0.2) is 30.3 Å². The minimum absolute atomic E-state index is 0.218. The summed E-state index contributed by atoms with van der Waals surface area (Å²) in [5, 5.41) is 9.55. The monoisotopic (exact) mass is 249 g/mol. The van der Waals surface area contributed by atoms with Crippen molar-refractivity contribution in [3.8, 4) is 0 Å². The van der Waals surface area contributed by atoms with Crippen molar-refractivity contribution < 1.29 is 5.11 Å². The molecule has 0 radical (unpaired) electrons. The van der Waals surface area contributed by atoms with Gasteiger partial charge < -0.3 is 5.11 Å². The minimum atomic E-state index is 0.218. The van der Waals surface area contributed by atoms with Crippen LogP contribution in [-0.2, 0) is 0 Å². The molecule has 2 nitrogen and oxygen atoms in total. The maximum atomic E-state index is 9.55. The molecule has 0 heterocycles. The van der Waals surface area contributed by atoms with Gasteiger partial charge in [0.1, 0.15) is 0 Å². The van der Waals surface area contributed by atoms with Crippen molar-refractivity contribution >= 4 is 0 Å². The lowest BCUT2D eigenvalue weighted by molar-refractivity contribution is 0.0541. The Morgan fingerprint density at radius 3 is 1.83 bits per heavy atom. The Hall–Kier alpha value is -0.860. The average molecular weight is 249 g/mol. The van der Waals surface area contributed by atoms with E-state index in [2.05, 4.69) is 63.8 Å². The van der Waals surface area contributed by atoms with Crippen LogP contribution < -0.4 is 0 Å². The first-order valence-corrected chi connectivity index (χ1v) is 6.92. The average Bonchev–Trinajstić information content (AvgIpc) is 2.34. The summed E-state index contributed by atoms with van der Waals surface area (Å²) in [6.45, 7) is 11.2. The molecule has 0 fully saturated rings. The van der Waals surface area contributed by atoms with Gasteiger partial charge in [0.15, 0.2) is 0 Å². The fourth-order valence-electron chi connectivity index (χ4n) is 2.78. The Bertz CT molecular complexity index is 326. The predicted molar refractivity (Wildman–Crippen MR) is 77.5 cm³/mol. The fraction of sp³-hybridized carbons (Fsp3) is 0.625. The topological polar surface area (TPSA) is 23.5 Å². The second kappa shape index (κ2) is 6.91. The van der Waals surface area contributed by atoms with Gasteiger partial charge in [-0.3, -0.25) is 4.90 Å². The zero-order valence-electron chi connectivity index (χ0n) is 12.3. The summed E-state index contributed by atoms with van der Waals surface area (Å²) < 4.78 is 0. The van der Waals surface area contributed by atoms with E-state index >= 15 is 0 Å². The lowest BCUT2D eigenvalue weighted by Crippen LogP contribution is -2.43. The Morgan fingerprint density at radius 2 is 1.44 bits per heavy atom. The molecule has 0 saturated heterocycles. The van der Waals surface area contributed by atoms with Crippen molar-refractivity contribution in [3.05, 3.63) is 35.9 Å². The molecule has 18 heavy (non-hydrogen) atoms. The summed E-state index contributed by atoms with van der Waals surface area (Å²) in [6, 6.07) is 11.7. The van der Waals surface area contributed by atoms with Crippen LogP contribution in [0.2, 0.25) is 0 Å². The van der Waals surface area contributed by atoms with Crippen LogP contribution >= 0.6 is 0 Å². The van der Waals surface area contributed by atoms with Crippen LogP contribution in [-0.4, -0.2) is 28.7 Å². The number of aliphatic hydroxyl groups excluding tert-OH is 1. The van der Waals surface area contributed by atoms with Crippen molar-refractivity contribution in [2.24, 2.45) is 5.92 Å². The maximum Gasteiger partial charge on any atom is 0.0474 e. The Labute approximate surface area is 112 Å². The largest absolute Gasteiger partial charge is 0.396 e. The van der Waals surface area contributed by atoms with Gasteiger partial charge in [-0.15, -0.1) is 0 Å². The first-order chi connectivity index (χ1) is 8.49. The molecule has 0 aliphatic rings. The highest BCUT2D eigenvalue weighted by Crippen LogP contribution is 2.31. The highest BCUT2D eigenvalue weighted by Gasteiger charge is 2.29. The molecular weight excluding hydrogens is 222 g/mol. The van der Waals surface area contributed by atoms with Crippen LogP contribution in [0.4, 0.5) is 0 Å². The van der Waals surface area contributed by atoms with Crippen molar-refractivity contribution in [2.45, 2.75) is 52.7 Å². The van der Waals surface area contributed by atoms with E-state index in [0.29, 0.717) is 12.1 Å². The van der Waals surface area contributed by atoms with Crippen molar-refractivity contribution in [1.29, 1.82) is 0 Å². The maximum absolute atomic E-state index is 9.55. The molecule has 0 amide bonds. The van der Waals surface area contributed by atoms with Crippen molar-refractivity contribution in [3.63, 3.8) is 0 Å². The van der Waals surface area contributed by atoms with Gasteiger partial charge in [0, 0.05) is 24.7 Å². The number of nitrogens with zero attached hydrogens (tertiary/aromatic N) is 1. The minimum Gasteiger partial charge on any atom is -0.396 e. The molecule has 0 aliphatic carbocycles. The SMILES string of the molecule is CC(C)N(C(C)C)[C@@H](c1ccccc1)[C@@H](C)CO. The first-order valence-electron chi connectivity index (χ1n) is 6.92. The van der Waals surface area contributed by atoms with Crippen LogP contribution in [0.5, 0.6) is 0 Å². The molecule has 1 aromatic rings. The number of aliphatic hydroxyl groups is 1. The predicted octanol–water partition coefficient (Wildman–Crippen LogP) is 3.47. The summed E-state index contributed by atoms with van der Waals surface area (Å²) in [7, 11) is 0. The van der Waals surface area contributed by atoms with Crippen LogP contribution in [0, 0.1) is 5.92 Å². The summed E-state index contributed by atoms with van der Waals surface area (Å²) in [6.07, 6.45) is 0.